The van der Waals surface area contributed by atoms with Gasteiger partial charge in [-0.2, -0.15) is 0 Å². The van der Waals surface area contributed by atoms with Gasteiger partial charge in [0.25, 0.3) is 5.91 Å². The van der Waals surface area contributed by atoms with E-state index in [1.165, 1.54) is 11.8 Å². The largest absolute Gasteiger partial charge is 0.497 e. The van der Waals surface area contributed by atoms with Crippen LogP contribution in [0.15, 0.2) is 72.5 Å². The van der Waals surface area contributed by atoms with Gasteiger partial charge in [-0.05, 0) is 69.9 Å². The van der Waals surface area contributed by atoms with Gasteiger partial charge < -0.3 is 19.9 Å². The third-order valence-electron chi connectivity index (χ3n) is 6.98. The maximum atomic E-state index is 12.1. The molecule has 1 aromatic rings. The number of carbonyl (C=O) groups excluding carboxylic acids is 1. The van der Waals surface area contributed by atoms with Crippen LogP contribution in [0.2, 0.25) is 0 Å². The molecule has 2 heterocycles. The molecule has 1 aromatic heterocycles. The molecular weight excluding hydrogens is 492 g/mol. The molecule has 2 N–H and O–H groups in total. The van der Waals surface area contributed by atoms with E-state index in [0.717, 1.165) is 64.0 Å². The molecule has 0 bridgehead atoms. The monoisotopic (exact) mass is 536 g/mol. The maximum Gasteiger partial charge on any atom is 0.274 e. The third kappa shape index (κ3) is 9.37. The van der Waals surface area contributed by atoms with Crippen molar-refractivity contribution in [1.29, 1.82) is 0 Å². The molecule has 1 unspecified atom stereocenters. The average Bonchev–Trinajstić information content (AvgIpc) is 2.96. The maximum absolute atomic E-state index is 12.1. The number of ether oxygens (including phenoxy) is 1. The Morgan fingerprint density at radius 1 is 1.21 bits per heavy atom. The minimum absolute atomic E-state index is 0.213. The van der Waals surface area contributed by atoms with Gasteiger partial charge in [0.15, 0.2) is 0 Å². The second-order valence-electron chi connectivity index (χ2n) is 9.92. The summed E-state index contributed by atoms with van der Waals surface area (Å²) in [5.41, 5.74) is 4.91. The Hall–Kier alpha value is -3.43. The number of hydrogen-bond acceptors (Lipinski definition) is 8. The van der Waals surface area contributed by atoms with Gasteiger partial charge in [0.2, 0.25) is 5.95 Å². The van der Waals surface area contributed by atoms with Crippen molar-refractivity contribution in [2.75, 3.05) is 51.8 Å². The van der Waals surface area contributed by atoms with Crippen LogP contribution in [-0.2, 0) is 20.8 Å². The van der Waals surface area contributed by atoms with Gasteiger partial charge in [-0.1, -0.05) is 31.7 Å². The topological polar surface area (TPSA) is 91.9 Å². The summed E-state index contributed by atoms with van der Waals surface area (Å²) in [4.78, 5) is 31.1. The summed E-state index contributed by atoms with van der Waals surface area (Å²) >= 11 is 0. The van der Waals surface area contributed by atoms with E-state index in [-0.39, 0.29) is 11.4 Å². The van der Waals surface area contributed by atoms with Gasteiger partial charge in [0.1, 0.15) is 5.76 Å². The smallest absolute Gasteiger partial charge is 0.274 e. The molecule has 0 aromatic carbocycles. The number of nitrogens with one attached hydrogen (secondary N) is 2. The molecule has 0 saturated carbocycles. The highest BCUT2D eigenvalue weighted by atomic mass is 16.6. The lowest BCUT2D eigenvalue weighted by Gasteiger charge is -2.38. The number of anilines is 1. The molecule has 0 radical (unpaired) electrons. The first-order valence-corrected chi connectivity index (χ1v) is 13.9. The van der Waals surface area contributed by atoms with Gasteiger partial charge in [0, 0.05) is 49.8 Å². The predicted molar refractivity (Wildman–Crippen MR) is 156 cm³/mol. The number of rotatable bonds is 14. The lowest BCUT2D eigenvalue weighted by atomic mass is 9.92. The SMILES string of the molecule is C=C/C(=C\C(=C/CCCc1cnc(NC2(C)C=CC(N3CCN(CC)CC3)=CC2)nc1)OC)C(=O)NOCC. The van der Waals surface area contributed by atoms with Crippen LogP contribution in [0.1, 0.15) is 45.6 Å². The zero-order valence-electron chi connectivity index (χ0n) is 23.9. The van der Waals surface area contributed by atoms with Crippen molar-refractivity contribution in [3.05, 3.63) is 78.0 Å². The summed E-state index contributed by atoms with van der Waals surface area (Å²) in [5.74, 6) is 0.870. The lowest BCUT2D eigenvalue weighted by molar-refractivity contribution is -0.128. The molecular formula is C30H44N6O3. The summed E-state index contributed by atoms with van der Waals surface area (Å²) in [5, 5.41) is 3.50. The molecule has 1 aliphatic heterocycles. The molecule has 1 saturated heterocycles. The number of amides is 1. The number of nitrogens with zero attached hydrogens (tertiary/aromatic N) is 4. The fourth-order valence-electron chi connectivity index (χ4n) is 4.49. The van der Waals surface area contributed by atoms with Crippen LogP contribution < -0.4 is 10.8 Å². The molecule has 1 fully saturated rings. The molecule has 0 spiro atoms. The highest BCUT2D eigenvalue weighted by Crippen LogP contribution is 2.26. The number of piperazine rings is 1. The minimum Gasteiger partial charge on any atom is -0.497 e. The number of carbonyl (C=O) groups is 1. The summed E-state index contributed by atoms with van der Waals surface area (Å²) in [6, 6.07) is 0. The number of aromatic nitrogens is 2. The molecule has 3 rings (SSSR count). The zero-order chi connectivity index (χ0) is 28.1. The van der Waals surface area contributed by atoms with Gasteiger partial charge in [-0.25, -0.2) is 15.4 Å². The van der Waals surface area contributed by atoms with Crippen molar-refractivity contribution in [3.63, 3.8) is 0 Å². The van der Waals surface area contributed by atoms with Crippen LogP contribution in [0.5, 0.6) is 0 Å². The summed E-state index contributed by atoms with van der Waals surface area (Å²) < 4.78 is 5.41. The van der Waals surface area contributed by atoms with E-state index in [1.807, 2.05) is 18.5 Å². The lowest BCUT2D eigenvalue weighted by Crippen LogP contribution is -2.46. The molecule has 1 amide bonds. The van der Waals surface area contributed by atoms with Crippen molar-refractivity contribution >= 4 is 11.9 Å². The quantitative estimate of drug-likeness (QED) is 0.120. The fourth-order valence-corrected chi connectivity index (χ4v) is 4.49. The van der Waals surface area contributed by atoms with Gasteiger partial charge in [0.05, 0.1) is 19.3 Å². The van der Waals surface area contributed by atoms with Crippen LogP contribution in [-0.4, -0.2) is 77.7 Å². The molecule has 212 valence electrons. The van der Waals surface area contributed by atoms with Crippen LogP contribution in [0, 0.1) is 0 Å². The van der Waals surface area contributed by atoms with E-state index in [1.54, 1.807) is 20.1 Å². The van der Waals surface area contributed by atoms with E-state index in [0.29, 0.717) is 23.9 Å². The first kappa shape index (κ1) is 30.1. The van der Waals surface area contributed by atoms with E-state index < -0.39 is 0 Å². The summed E-state index contributed by atoms with van der Waals surface area (Å²) in [6.45, 7) is 15.8. The van der Waals surface area contributed by atoms with Crippen LogP contribution in [0.25, 0.3) is 0 Å². The molecule has 39 heavy (non-hydrogen) atoms. The predicted octanol–water partition coefficient (Wildman–Crippen LogP) is 4.16. The third-order valence-corrected chi connectivity index (χ3v) is 6.98. The number of hydroxylamine groups is 1. The average molecular weight is 537 g/mol. The Balaban J connectivity index is 1.46. The van der Waals surface area contributed by atoms with Gasteiger partial charge >= 0.3 is 0 Å². The number of likely N-dealkylation sites (N-methyl/N-ethyl adjacent to an activating group) is 1. The Morgan fingerprint density at radius 3 is 2.54 bits per heavy atom. The zero-order valence-corrected chi connectivity index (χ0v) is 23.9. The van der Waals surface area contributed by atoms with E-state index in [2.05, 4.69) is 69.2 Å². The molecule has 9 nitrogen and oxygen atoms in total. The second kappa shape index (κ2) is 15.2. The van der Waals surface area contributed by atoms with Crippen LogP contribution in [0.3, 0.4) is 0 Å². The summed E-state index contributed by atoms with van der Waals surface area (Å²) in [6.07, 6.45) is 19.0. The first-order valence-electron chi connectivity index (χ1n) is 13.9. The summed E-state index contributed by atoms with van der Waals surface area (Å²) in [7, 11) is 1.58. The standard InChI is InChI=1S/C30H44N6O3/c1-6-25(28(37)34-39-8-3)21-27(38-5)12-10-9-11-24-22-31-29(32-23-24)33-30(4)15-13-26(14-16-30)36-19-17-35(7-2)18-20-36/h6,12-15,21-23H,1,7-11,16-20H2,2-5H3,(H,34,37)(H,31,32,33)/b25-21+,27-12+. The van der Waals surface area contributed by atoms with Crippen molar-refractivity contribution in [2.45, 2.75) is 52.0 Å². The van der Waals surface area contributed by atoms with Crippen molar-refractivity contribution in [2.24, 2.45) is 0 Å². The van der Waals surface area contributed by atoms with E-state index >= 15 is 0 Å². The number of hydrogen-bond donors (Lipinski definition) is 2. The minimum atomic E-state index is -0.361. The van der Waals surface area contributed by atoms with Crippen LogP contribution >= 0.6 is 0 Å². The normalized spacial score (nSPS) is 20.4. The molecule has 1 atom stereocenters. The number of aryl methyl sites for hydroxylation is 1. The Labute approximate surface area is 233 Å². The first-order chi connectivity index (χ1) is 18.9. The molecule has 1 aliphatic carbocycles. The number of allylic oxidation sites excluding steroid dienone is 3. The number of methoxy groups -OCH3 is 1. The van der Waals surface area contributed by atoms with Crippen molar-refractivity contribution in [3.8, 4) is 0 Å². The number of unbranched alkanes of at least 4 members (excludes halogenated alkanes) is 1. The Morgan fingerprint density at radius 2 is 1.95 bits per heavy atom. The highest BCUT2D eigenvalue weighted by molar-refractivity contribution is 5.95. The molecule has 2 aliphatic rings. The van der Waals surface area contributed by atoms with Crippen molar-refractivity contribution < 1.29 is 14.4 Å². The van der Waals surface area contributed by atoms with Crippen LogP contribution in [0.4, 0.5) is 5.95 Å². The van der Waals surface area contributed by atoms with E-state index in [4.69, 9.17) is 9.57 Å². The Kier molecular flexibility index (Phi) is 11.8. The highest BCUT2D eigenvalue weighted by Gasteiger charge is 2.26. The fraction of sp³-hybridized carbons (Fsp3) is 0.500. The van der Waals surface area contributed by atoms with E-state index in [9.17, 15) is 4.79 Å². The van der Waals surface area contributed by atoms with Gasteiger partial charge in [-0.15, -0.1) is 0 Å². The van der Waals surface area contributed by atoms with Crippen molar-refractivity contribution in [1.82, 2.24) is 25.2 Å². The Bertz CT molecular complexity index is 1070. The van der Waals surface area contributed by atoms with Gasteiger partial charge in [-0.3, -0.25) is 9.63 Å². The molecule has 9 heteroatoms. The second-order valence-corrected chi connectivity index (χ2v) is 9.92.